The third kappa shape index (κ3) is 3.28. The molecule has 0 saturated carbocycles. The second kappa shape index (κ2) is 4.85. The van der Waals surface area contributed by atoms with Gasteiger partial charge in [0.05, 0.1) is 12.0 Å². The molecule has 0 aliphatic heterocycles. The fraction of sp³-hybridized carbons (Fsp3) is 0.364. The van der Waals surface area contributed by atoms with Crippen LogP contribution in [0.4, 0.5) is 0 Å². The second-order valence-electron chi connectivity index (χ2n) is 3.85. The standard InChI is InChI=1S/C11H14O5S/c1-11(2,10(12)15-3)16-17(13,14)9-7-5-4-6-8-9/h4-8H,1-3H3. The van der Waals surface area contributed by atoms with Crippen LogP contribution >= 0.6 is 0 Å². The molecule has 0 bridgehead atoms. The summed E-state index contributed by atoms with van der Waals surface area (Å²) in [5, 5.41) is 0. The van der Waals surface area contributed by atoms with E-state index in [-0.39, 0.29) is 4.90 Å². The molecule has 1 aromatic rings. The third-order valence-electron chi connectivity index (χ3n) is 2.03. The maximum Gasteiger partial charge on any atom is 0.339 e. The summed E-state index contributed by atoms with van der Waals surface area (Å²) in [6, 6.07) is 7.61. The summed E-state index contributed by atoms with van der Waals surface area (Å²) in [5.41, 5.74) is -1.55. The van der Waals surface area contributed by atoms with E-state index in [1.54, 1.807) is 18.2 Å². The molecule has 0 aliphatic rings. The van der Waals surface area contributed by atoms with Gasteiger partial charge < -0.3 is 4.74 Å². The van der Waals surface area contributed by atoms with E-state index in [1.807, 2.05) is 0 Å². The first-order valence-corrected chi connectivity index (χ1v) is 6.29. The van der Waals surface area contributed by atoms with Crippen molar-refractivity contribution in [2.75, 3.05) is 7.11 Å². The zero-order valence-electron chi connectivity index (χ0n) is 9.84. The molecule has 5 nitrogen and oxygen atoms in total. The Labute approximate surface area is 100 Å². The smallest absolute Gasteiger partial charge is 0.339 e. The monoisotopic (exact) mass is 258 g/mol. The van der Waals surface area contributed by atoms with Gasteiger partial charge in [0.2, 0.25) is 0 Å². The summed E-state index contributed by atoms with van der Waals surface area (Å²) in [5.74, 6) is -0.753. The van der Waals surface area contributed by atoms with Crippen LogP contribution in [0.3, 0.4) is 0 Å². The van der Waals surface area contributed by atoms with Crippen molar-refractivity contribution in [1.82, 2.24) is 0 Å². The van der Waals surface area contributed by atoms with Crippen LogP contribution in [-0.2, 0) is 23.8 Å². The molecular formula is C11H14O5S. The Morgan fingerprint density at radius 2 is 1.71 bits per heavy atom. The van der Waals surface area contributed by atoms with Crippen molar-refractivity contribution in [2.45, 2.75) is 24.3 Å². The van der Waals surface area contributed by atoms with E-state index in [2.05, 4.69) is 4.74 Å². The van der Waals surface area contributed by atoms with Crippen LogP contribution < -0.4 is 0 Å². The van der Waals surface area contributed by atoms with Gasteiger partial charge in [0.15, 0.2) is 5.60 Å². The Kier molecular flexibility index (Phi) is 3.90. The molecule has 0 aromatic heterocycles. The van der Waals surface area contributed by atoms with E-state index in [0.29, 0.717) is 0 Å². The highest BCUT2D eigenvalue weighted by atomic mass is 32.2. The molecule has 0 N–H and O–H groups in total. The first kappa shape index (κ1) is 13.7. The van der Waals surface area contributed by atoms with Crippen LogP contribution in [0.2, 0.25) is 0 Å². The summed E-state index contributed by atoms with van der Waals surface area (Å²) < 4.78 is 33.0. The van der Waals surface area contributed by atoms with Gasteiger partial charge in [-0.15, -0.1) is 0 Å². The van der Waals surface area contributed by atoms with Crippen LogP contribution in [0, 0.1) is 0 Å². The Hall–Kier alpha value is -1.40. The SMILES string of the molecule is COC(=O)C(C)(C)OS(=O)(=O)c1ccccc1. The highest BCUT2D eigenvalue weighted by molar-refractivity contribution is 7.86. The zero-order chi connectivity index (χ0) is 13.1. The molecule has 1 aromatic carbocycles. The highest BCUT2D eigenvalue weighted by Crippen LogP contribution is 2.20. The summed E-state index contributed by atoms with van der Waals surface area (Å²) >= 11 is 0. The minimum Gasteiger partial charge on any atom is -0.467 e. The van der Waals surface area contributed by atoms with Gasteiger partial charge in [0.1, 0.15) is 0 Å². The van der Waals surface area contributed by atoms with Gasteiger partial charge in [-0.25, -0.2) is 8.98 Å². The van der Waals surface area contributed by atoms with Crippen molar-refractivity contribution < 1.29 is 22.1 Å². The maximum atomic E-state index is 11.8. The number of benzene rings is 1. The number of carbonyl (C=O) groups excluding carboxylic acids is 1. The quantitative estimate of drug-likeness (QED) is 0.602. The van der Waals surface area contributed by atoms with Crippen molar-refractivity contribution >= 4 is 16.1 Å². The second-order valence-corrected chi connectivity index (χ2v) is 5.40. The first-order chi connectivity index (χ1) is 7.79. The van der Waals surface area contributed by atoms with Crippen molar-refractivity contribution in [1.29, 1.82) is 0 Å². The minimum absolute atomic E-state index is 0.00280. The Morgan fingerprint density at radius 3 is 2.18 bits per heavy atom. The average Bonchev–Trinajstić information content (AvgIpc) is 2.27. The summed E-state index contributed by atoms with van der Waals surface area (Å²) in [7, 11) is -2.80. The van der Waals surface area contributed by atoms with E-state index in [0.717, 1.165) is 0 Å². The lowest BCUT2D eigenvalue weighted by Crippen LogP contribution is -2.38. The number of ether oxygens (including phenoxy) is 1. The Bertz CT molecular complexity index is 490. The molecule has 0 fully saturated rings. The number of methoxy groups -OCH3 is 1. The maximum absolute atomic E-state index is 11.8. The number of hydrogen-bond acceptors (Lipinski definition) is 5. The van der Waals surface area contributed by atoms with Crippen molar-refractivity contribution in [3.05, 3.63) is 30.3 Å². The lowest BCUT2D eigenvalue weighted by atomic mass is 10.1. The van der Waals surface area contributed by atoms with Gasteiger partial charge in [0, 0.05) is 0 Å². The van der Waals surface area contributed by atoms with Crippen LogP contribution in [0.15, 0.2) is 35.2 Å². The molecule has 0 aliphatic carbocycles. The van der Waals surface area contributed by atoms with Gasteiger partial charge in [-0.05, 0) is 26.0 Å². The highest BCUT2D eigenvalue weighted by Gasteiger charge is 2.36. The van der Waals surface area contributed by atoms with E-state index >= 15 is 0 Å². The number of hydrogen-bond donors (Lipinski definition) is 0. The number of esters is 1. The predicted molar refractivity (Wildman–Crippen MR) is 60.8 cm³/mol. The Morgan fingerprint density at radius 1 is 1.18 bits per heavy atom. The summed E-state index contributed by atoms with van der Waals surface area (Å²) in [4.78, 5) is 11.3. The van der Waals surface area contributed by atoms with Crippen molar-refractivity contribution in [2.24, 2.45) is 0 Å². The van der Waals surface area contributed by atoms with Gasteiger partial charge in [-0.3, -0.25) is 0 Å². The molecule has 17 heavy (non-hydrogen) atoms. The van der Waals surface area contributed by atoms with Crippen LogP contribution in [0.5, 0.6) is 0 Å². The van der Waals surface area contributed by atoms with E-state index in [1.165, 1.54) is 33.1 Å². The molecule has 6 heteroatoms. The van der Waals surface area contributed by atoms with Gasteiger partial charge in [-0.1, -0.05) is 18.2 Å². The van der Waals surface area contributed by atoms with Crippen molar-refractivity contribution in [3.8, 4) is 0 Å². The van der Waals surface area contributed by atoms with Crippen molar-refractivity contribution in [3.63, 3.8) is 0 Å². The molecule has 0 saturated heterocycles. The normalized spacial score (nSPS) is 12.2. The van der Waals surface area contributed by atoms with E-state index in [4.69, 9.17) is 4.18 Å². The van der Waals surface area contributed by atoms with Gasteiger partial charge >= 0.3 is 5.97 Å². The van der Waals surface area contributed by atoms with Crippen LogP contribution in [0.1, 0.15) is 13.8 Å². The first-order valence-electron chi connectivity index (χ1n) is 4.89. The summed E-state index contributed by atoms with van der Waals surface area (Å²) in [6.07, 6.45) is 0. The molecular weight excluding hydrogens is 244 g/mol. The van der Waals surface area contributed by atoms with E-state index < -0.39 is 21.7 Å². The molecule has 94 valence electrons. The van der Waals surface area contributed by atoms with Gasteiger partial charge in [-0.2, -0.15) is 8.42 Å². The lowest BCUT2D eigenvalue weighted by Gasteiger charge is -2.21. The zero-order valence-corrected chi connectivity index (χ0v) is 10.7. The largest absolute Gasteiger partial charge is 0.467 e. The molecule has 0 unspecified atom stereocenters. The molecule has 1 rings (SSSR count). The van der Waals surface area contributed by atoms with Crippen LogP contribution in [0.25, 0.3) is 0 Å². The predicted octanol–water partition coefficient (Wildman–Crippen LogP) is 1.34. The number of rotatable bonds is 4. The molecule has 0 amide bonds. The molecule has 0 spiro atoms. The molecule has 0 atom stereocenters. The lowest BCUT2D eigenvalue weighted by molar-refractivity contribution is -0.155. The molecule has 0 heterocycles. The van der Waals surface area contributed by atoms with E-state index in [9.17, 15) is 13.2 Å². The summed E-state index contributed by atoms with van der Waals surface area (Å²) in [6.45, 7) is 2.67. The number of carbonyl (C=O) groups is 1. The minimum atomic E-state index is -3.97. The molecule has 0 radical (unpaired) electrons. The Balaban J connectivity index is 3.00. The fourth-order valence-corrected chi connectivity index (χ4v) is 2.39. The third-order valence-corrected chi connectivity index (χ3v) is 3.51. The average molecular weight is 258 g/mol. The van der Waals surface area contributed by atoms with Gasteiger partial charge in [0.25, 0.3) is 10.1 Å². The fourth-order valence-electron chi connectivity index (χ4n) is 1.19. The van der Waals surface area contributed by atoms with Crippen LogP contribution in [-0.4, -0.2) is 27.1 Å². The topological polar surface area (TPSA) is 69.7 Å².